The molecule has 0 saturated heterocycles. The van der Waals surface area contributed by atoms with Gasteiger partial charge in [0.05, 0.1) is 18.6 Å². The van der Waals surface area contributed by atoms with E-state index in [2.05, 4.69) is 10.3 Å². The molecule has 0 unspecified atom stereocenters. The molecule has 1 N–H and O–H groups in total. The Morgan fingerprint density at radius 2 is 1.85 bits per heavy atom. The normalized spacial score (nSPS) is 11.3. The second-order valence-electron chi connectivity index (χ2n) is 7.38. The van der Waals surface area contributed by atoms with Gasteiger partial charge in [0, 0.05) is 23.0 Å². The van der Waals surface area contributed by atoms with E-state index in [1.807, 2.05) is 36.4 Å². The number of Topliss-reactive ketones (excluding diaryl/α,β-unsaturated/α-hetero) is 1. The van der Waals surface area contributed by atoms with Gasteiger partial charge in [-0.05, 0) is 61.0 Å². The summed E-state index contributed by atoms with van der Waals surface area (Å²) in [4.78, 5) is 28.3. The number of carbonyl (C=O) groups is 2. The van der Waals surface area contributed by atoms with E-state index in [4.69, 9.17) is 4.74 Å². The van der Waals surface area contributed by atoms with Gasteiger partial charge in [-0.3, -0.25) is 14.6 Å². The number of benzene rings is 2. The molecule has 1 heterocycles. The Balaban J connectivity index is 1.67. The molecule has 0 aliphatic carbocycles. The number of methoxy groups -OCH3 is 1. The van der Waals surface area contributed by atoms with Crippen LogP contribution in [-0.4, -0.2) is 38.0 Å². The van der Waals surface area contributed by atoms with E-state index in [0.29, 0.717) is 22.6 Å². The highest BCUT2D eigenvalue weighted by Gasteiger charge is 2.20. The molecule has 1 amide bonds. The van der Waals surface area contributed by atoms with Crippen molar-refractivity contribution < 1.29 is 22.7 Å². The predicted molar refractivity (Wildman–Crippen MR) is 129 cm³/mol. The van der Waals surface area contributed by atoms with E-state index in [-0.39, 0.29) is 5.78 Å². The van der Waals surface area contributed by atoms with Gasteiger partial charge in [-0.1, -0.05) is 24.3 Å². The van der Waals surface area contributed by atoms with Gasteiger partial charge < -0.3 is 10.1 Å². The van der Waals surface area contributed by atoms with Crippen LogP contribution in [0.25, 0.3) is 12.2 Å². The van der Waals surface area contributed by atoms with Gasteiger partial charge in [0.15, 0.2) is 15.6 Å². The highest BCUT2D eigenvalue weighted by Crippen LogP contribution is 2.23. The minimum atomic E-state index is -3.81. The predicted octanol–water partition coefficient (Wildman–Crippen LogP) is 4.02. The number of nitrogens with one attached hydrogen (secondary N) is 1. The third-order valence-electron chi connectivity index (χ3n) is 4.72. The molecular formula is C25H24N2O5S. The molecule has 33 heavy (non-hydrogen) atoms. The van der Waals surface area contributed by atoms with Gasteiger partial charge >= 0.3 is 0 Å². The van der Waals surface area contributed by atoms with Crippen LogP contribution in [0, 0.1) is 0 Å². The summed E-state index contributed by atoms with van der Waals surface area (Å²) < 4.78 is 30.5. The van der Waals surface area contributed by atoms with Crippen molar-refractivity contribution >= 4 is 39.4 Å². The summed E-state index contributed by atoms with van der Waals surface area (Å²) in [6, 6.07) is 17.2. The zero-order valence-electron chi connectivity index (χ0n) is 18.3. The van der Waals surface area contributed by atoms with Gasteiger partial charge in [0.25, 0.3) is 0 Å². The van der Waals surface area contributed by atoms with Crippen LogP contribution in [0.4, 0.5) is 5.69 Å². The van der Waals surface area contributed by atoms with Crippen molar-refractivity contribution in [1.82, 2.24) is 4.98 Å². The topological polar surface area (TPSA) is 102 Å². The molecule has 0 saturated carbocycles. The SMILES string of the molecule is COc1ccc(C(C)=O)cc1CS(=O)(=O)CC(=O)Nc1cccc(/C=C/c2ccccn2)c1. The fourth-order valence-electron chi connectivity index (χ4n) is 3.17. The molecule has 7 nitrogen and oxygen atoms in total. The van der Waals surface area contributed by atoms with Crippen LogP contribution < -0.4 is 10.1 Å². The van der Waals surface area contributed by atoms with E-state index in [9.17, 15) is 18.0 Å². The quantitative estimate of drug-likeness (QED) is 0.480. The second-order valence-corrected chi connectivity index (χ2v) is 9.44. The largest absolute Gasteiger partial charge is 0.496 e. The maximum atomic E-state index is 12.7. The first kappa shape index (κ1) is 23.9. The fourth-order valence-corrected chi connectivity index (χ4v) is 4.44. The third-order valence-corrected chi connectivity index (χ3v) is 6.17. The second kappa shape index (κ2) is 10.7. The Morgan fingerprint density at radius 3 is 2.55 bits per heavy atom. The molecule has 3 rings (SSSR count). The van der Waals surface area contributed by atoms with E-state index in [1.54, 1.807) is 36.5 Å². The Bertz CT molecular complexity index is 1290. The number of ether oxygens (including phenoxy) is 1. The summed E-state index contributed by atoms with van der Waals surface area (Å²) in [5.41, 5.74) is 2.81. The lowest BCUT2D eigenvalue weighted by molar-refractivity contribution is -0.113. The summed E-state index contributed by atoms with van der Waals surface area (Å²) in [5.74, 6) is -1.61. The minimum absolute atomic E-state index is 0.189. The molecule has 1 aromatic heterocycles. The van der Waals surface area contributed by atoms with Gasteiger partial charge in [-0.25, -0.2) is 8.42 Å². The number of sulfone groups is 1. The molecule has 0 atom stereocenters. The number of ketones is 1. The van der Waals surface area contributed by atoms with Crippen molar-refractivity contribution in [2.24, 2.45) is 0 Å². The number of aromatic nitrogens is 1. The van der Waals surface area contributed by atoms with Crippen molar-refractivity contribution in [3.63, 3.8) is 0 Å². The number of amides is 1. The zero-order chi connectivity index (χ0) is 23.8. The smallest absolute Gasteiger partial charge is 0.239 e. The number of carbonyl (C=O) groups excluding carboxylic acids is 2. The average Bonchev–Trinajstić information content (AvgIpc) is 2.77. The van der Waals surface area contributed by atoms with Gasteiger partial charge in [0.2, 0.25) is 5.91 Å². The minimum Gasteiger partial charge on any atom is -0.496 e. The molecule has 0 spiro atoms. The molecular weight excluding hydrogens is 440 g/mol. The number of hydrogen-bond donors (Lipinski definition) is 1. The lowest BCUT2D eigenvalue weighted by Crippen LogP contribution is -2.24. The van der Waals surface area contributed by atoms with Crippen molar-refractivity contribution in [2.75, 3.05) is 18.2 Å². The summed E-state index contributed by atoms with van der Waals surface area (Å²) in [6.45, 7) is 1.40. The lowest BCUT2D eigenvalue weighted by atomic mass is 10.1. The molecule has 2 aromatic carbocycles. The van der Waals surface area contributed by atoms with E-state index < -0.39 is 27.3 Å². The van der Waals surface area contributed by atoms with Crippen LogP contribution in [0.3, 0.4) is 0 Å². The Hall–Kier alpha value is -3.78. The molecule has 0 fully saturated rings. The van der Waals surface area contributed by atoms with E-state index >= 15 is 0 Å². The van der Waals surface area contributed by atoms with Gasteiger partial charge in [-0.2, -0.15) is 0 Å². The van der Waals surface area contributed by atoms with Crippen molar-refractivity contribution in [3.05, 3.63) is 89.2 Å². The molecule has 8 heteroatoms. The molecule has 0 radical (unpaired) electrons. The van der Waals surface area contributed by atoms with E-state index in [1.165, 1.54) is 20.1 Å². The van der Waals surface area contributed by atoms with Crippen LogP contribution in [0.5, 0.6) is 5.75 Å². The Labute approximate surface area is 193 Å². The van der Waals surface area contributed by atoms with Crippen LogP contribution in [0.1, 0.15) is 34.1 Å². The summed E-state index contributed by atoms with van der Waals surface area (Å²) in [6.07, 6.45) is 5.39. The lowest BCUT2D eigenvalue weighted by Gasteiger charge is -2.11. The van der Waals surface area contributed by atoms with Crippen LogP contribution >= 0.6 is 0 Å². The van der Waals surface area contributed by atoms with Crippen LogP contribution in [0.15, 0.2) is 66.9 Å². The molecule has 0 aliphatic heterocycles. The van der Waals surface area contributed by atoms with Crippen LogP contribution in [-0.2, 0) is 20.4 Å². The highest BCUT2D eigenvalue weighted by atomic mass is 32.2. The van der Waals surface area contributed by atoms with Crippen molar-refractivity contribution in [2.45, 2.75) is 12.7 Å². The van der Waals surface area contributed by atoms with Crippen molar-refractivity contribution in [3.8, 4) is 5.75 Å². The monoisotopic (exact) mass is 464 g/mol. The molecule has 170 valence electrons. The summed E-state index contributed by atoms with van der Waals surface area (Å²) >= 11 is 0. The first-order valence-electron chi connectivity index (χ1n) is 10.1. The fraction of sp³-hybridized carbons (Fsp3) is 0.160. The first-order chi connectivity index (χ1) is 15.8. The van der Waals surface area contributed by atoms with Gasteiger partial charge in [0.1, 0.15) is 11.5 Å². The number of nitrogens with zero attached hydrogens (tertiary/aromatic N) is 1. The van der Waals surface area contributed by atoms with Crippen LogP contribution in [0.2, 0.25) is 0 Å². The maximum Gasteiger partial charge on any atom is 0.239 e. The van der Waals surface area contributed by atoms with Crippen molar-refractivity contribution in [1.29, 1.82) is 0 Å². The summed E-state index contributed by atoms with van der Waals surface area (Å²) in [7, 11) is -2.39. The van der Waals surface area contributed by atoms with E-state index in [0.717, 1.165) is 11.3 Å². The third kappa shape index (κ3) is 7.11. The first-order valence-corrected chi connectivity index (χ1v) is 12.0. The standard InChI is InChI=1S/C25H24N2O5S/c1-18(28)20-10-12-24(32-2)21(15-20)16-33(30,31)17-25(29)27-23-8-5-6-19(14-23)9-11-22-7-3-4-13-26-22/h3-15H,16-17H2,1-2H3,(H,27,29)/b11-9+. The Kier molecular flexibility index (Phi) is 7.74. The highest BCUT2D eigenvalue weighted by molar-refractivity contribution is 7.91. The summed E-state index contributed by atoms with van der Waals surface area (Å²) in [5, 5.41) is 2.63. The molecule has 3 aromatic rings. The molecule has 0 bridgehead atoms. The van der Waals surface area contributed by atoms with Gasteiger partial charge in [-0.15, -0.1) is 0 Å². The Morgan fingerprint density at radius 1 is 1.03 bits per heavy atom. The number of pyridine rings is 1. The number of hydrogen-bond acceptors (Lipinski definition) is 6. The maximum absolute atomic E-state index is 12.7. The number of rotatable bonds is 9. The zero-order valence-corrected chi connectivity index (χ0v) is 19.1. The number of anilines is 1. The molecule has 0 aliphatic rings. The average molecular weight is 465 g/mol.